The van der Waals surface area contributed by atoms with Crippen LogP contribution >= 0.6 is 11.6 Å². The quantitative estimate of drug-likeness (QED) is 0.563. The van der Waals surface area contributed by atoms with Gasteiger partial charge in [-0.25, -0.2) is 0 Å². The van der Waals surface area contributed by atoms with Crippen molar-refractivity contribution in [1.29, 1.82) is 0 Å². The van der Waals surface area contributed by atoms with E-state index in [9.17, 15) is 4.79 Å². The fourth-order valence-electron chi connectivity index (χ4n) is 2.85. The summed E-state index contributed by atoms with van der Waals surface area (Å²) >= 11 is 6.16. The molecule has 0 saturated heterocycles. The molecule has 1 N–H and O–H groups in total. The molecule has 0 aromatic heterocycles. The van der Waals surface area contributed by atoms with E-state index in [-0.39, 0.29) is 11.9 Å². The number of carbonyl (C=O) groups is 1. The van der Waals surface area contributed by atoms with Crippen LogP contribution in [0.1, 0.15) is 40.9 Å². The summed E-state index contributed by atoms with van der Waals surface area (Å²) in [6.07, 6.45) is 0.818. The SMILES string of the molecule is CC[C@@H](NC(=O)c1cccc(OCc2ccccc2Cl)c1)c1ccccc1. The second-order valence-corrected chi connectivity index (χ2v) is 6.66. The first kappa shape index (κ1) is 19.0. The molecule has 0 aliphatic rings. The Bertz CT molecular complexity index is 896. The Balaban J connectivity index is 1.67. The largest absolute Gasteiger partial charge is 0.489 e. The van der Waals surface area contributed by atoms with Crippen LogP contribution < -0.4 is 10.1 Å². The molecule has 3 rings (SSSR count). The van der Waals surface area contributed by atoms with Crippen molar-refractivity contribution in [2.75, 3.05) is 0 Å². The number of halogens is 1. The summed E-state index contributed by atoms with van der Waals surface area (Å²) in [5, 5.41) is 3.76. The third-order valence-corrected chi connectivity index (χ3v) is 4.73. The normalized spacial score (nSPS) is 11.6. The van der Waals surface area contributed by atoms with Gasteiger partial charge in [-0.1, -0.05) is 73.1 Å². The minimum atomic E-state index is -0.117. The van der Waals surface area contributed by atoms with Crippen LogP contribution in [0.4, 0.5) is 0 Å². The van der Waals surface area contributed by atoms with Gasteiger partial charge in [-0.3, -0.25) is 4.79 Å². The molecule has 3 nitrogen and oxygen atoms in total. The second kappa shape index (κ2) is 9.24. The molecule has 0 unspecified atom stereocenters. The Labute approximate surface area is 164 Å². The molecule has 0 aliphatic heterocycles. The van der Waals surface area contributed by atoms with E-state index in [1.165, 1.54) is 0 Å². The molecular weight excluding hydrogens is 358 g/mol. The fraction of sp³-hybridized carbons (Fsp3) is 0.174. The number of carbonyl (C=O) groups excluding carboxylic acids is 1. The van der Waals surface area contributed by atoms with Crippen molar-refractivity contribution in [1.82, 2.24) is 5.32 Å². The lowest BCUT2D eigenvalue weighted by Gasteiger charge is -2.18. The number of nitrogens with one attached hydrogen (secondary N) is 1. The molecule has 4 heteroatoms. The van der Waals surface area contributed by atoms with Crippen molar-refractivity contribution in [3.63, 3.8) is 0 Å². The Morgan fingerprint density at radius 3 is 2.48 bits per heavy atom. The van der Waals surface area contributed by atoms with E-state index in [4.69, 9.17) is 16.3 Å². The topological polar surface area (TPSA) is 38.3 Å². The predicted molar refractivity (Wildman–Crippen MR) is 109 cm³/mol. The van der Waals surface area contributed by atoms with Crippen LogP contribution in [0.15, 0.2) is 78.9 Å². The van der Waals surface area contributed by atoms with Crippen LogP contribution in [0.2, 0.25) is 5.02 Å². The summed E-state index contributed by atoms with van der Waals surface area (Å²) in [7, 11) is 0. The van der Waals surface area contributed by atoms with Gasteiger partial charge in [0.1, 0.15) is 12.4 Å². The molecule has 3 aromatic carbocycles. The molecule has 0 aliphatic carbocycles. The minimum absolute atomic E-state index is 0.0219. The zero-order valence-corrected chi connectivity index (χ0v) is 15.9. The monoisotopic (exact) mass is 379 g/mol. The Morgan fingerprint density at radius 2 is 1.74 bits per heavy atom. The van der Waals surface area contributed by atoms with Crippen LogP contribution in [0, 0.1) is 0 Å². The van der Waals surface area contributed by atoms with Gasteiger partial charge < -0.3 is 10.1 Å². The lowest BCUT2D eigenvalue weighted by molar-refractivity contribution is 0.0935. The average Bonchev–Trinajstić information content (AvgIpc) is 2.72. The van der Waals surface area contributed by atoms with Crippen LogP contribution in [0.3, 0.4) is 0 Å². The Morgan fingerprint density at radius 1 is 1.00 bits per heavy atom. The lowest BCUT2D eigenvalue weighted by atomic mass is 10.0. The zero-order valence-electron chi connectivity index (χ0n) is 15.2. The summed E-state index contributed by atoms with van der Waals surface area (Å²) in [4.78, 5) is 12.7. The Hall–Kier alpha value is -2.78. The maximum absolute atomic E-state index is 12.7. The summed E-state index contributed by atoms with van der Waals surface area (Å²) < 4.78 is 5.82. The fourth-order valence-corrected chi connectivity index (χ4v) is 3.04. The lowest BCUT2D eigenvalue weighted by Crippen LogP contribution is -2.28. The van der Waals surface area contributed by atoms with Gasteiger partial charge in [0.25, 0.3) is 5.91 Å². The van der Waals surface area contributed by atoms with Gasteiger partial charge in [-0.05, 0) is 36.2 Å². The van der Waals surface area contributed by atoms with Crippen molar-refractivity contribution in [2.45, 2.75) is 26.0 Å². The van der Waals surface area contributed by atoms with Crippen LogP contribution in [0.5, 0.6) is 5.75 Å². The molecule has 0 radical (unpaired) electrons. The molecule has 1 amide bonds. The first-order chi connectivity index (χ1) is 13.2. The molecule has 0 heterocycles. The number of ether oxygens (including phenoxy) is 1. The average molecular weight is 380 g/mol. The van der Waals surface area contributed by atoms with Gasteiger partial charge in [0.05, 0.1) is 6.04 Å². The predicted octanol–water partition coefficient (Wildman–Crippen LogP) is 5.80. The van der Waals surface area contributed by atoms with Gasteiger partial charge in [0.2, 0.25) is 0 Å². The molecule has 138 valence electrons. The summed E-state index contributed by atoms with van der Waals surface area (Å²) in [6, 6.07) is 24.7. The molecule has 1 atom stereocenters. The van der Waals surface area contributed by atoms with Gasteiger partial charge >= 0.3 is 0 Å². The minimum Gasteiger partial charge on any atom is -0.489 e. The summed E-state index contributed by atoms with van der Waals surface area (Å²) in [5.41, 5.74) is 2.57. The molecule has 0 bridgehead atoms. The summed E-state index contributed by atoms with van der Waals surface area (Å²) in [5.74, 6) is 0.518. The second-order valence-electron chi connectivity index (χ2n) is 6.25. The van der Waals surface area contributed by atoms with Crippen LogP contribution in [-0.2, 0) is 6.61 Å². The number of amides is 1. The number of benzene rings is 3. The Kier molecular flexibility index (Phi) is 6.50. The third-order valence-electron chi connectivity index (χ3n) is 4.36. The molecule has 0 fully saturated rings. The van der Waals surface area contributed by atoms with Gasteiger partial charge in [-0.15, -0.1) is 0 Å². The van der Waals surface area contributed by atoms with Crippen molar-refractivity contribution < 1.29 is 9.53 Å². The van der Waals surface area contributed by atoms with E-state index >= 15 is 0 Å². The van der Waals surface area contributed by atoms with Crippen molar-refractivity contribution in [2.24, 2.45) is 0 Å². The molecular formula is C23H22ClNO2. The number of rotatable bonds is 7. The van der Waals surface area contributed by atoms with E-state index in [0.29, 0.717) is 22.9 Å². The van der Waals surface area contributed by atoms with E-state index in [1.807, 2.05) is 66.7 Å². The highest BCUT2D eigenvalue weighted by Crippen LogP contribution is 2.21. The van der Waals surface area contributed by atoms with Gasteiger partial charge in [-0.2, -0.15) is 0 Å². The number of hydrogen-bond acceptors (Lipinski definition) is 2. The maximum atomic E-state index is 12.7. The van der Waals surface area contributed by atoms with Crippen LogP contribution in [0.25, 0.3) is 0 Å². The van der Waals surface area contributed by atoms with E-state index in [0.717, 1.165) is 17.5 Å². The van der Waals surface area contributed by atoms with E-state index in [1.54, 1.807) is 12.1 Å². The van der Waals surface area contributed by atoms with E-state index in [2.05, 4.69) is 12.2 Å². The van der Waals surface area contributed by atoms with E-state index < -0.39 is 0 Å². The van der Waals surface area contributed by atoms with Gasteiger partial charge in [0.15, 0.2) is 0 Å². The molecule has 27 heavy (non-hydrogen) atoms. The highest BCUT2D eigenvalue weighted by Gasteiger charge is 2.14. The highest BCUT2D eigenvalue weighted by molar-refractivity contribution is 6.31. The summed E-state index contributed by atoms with van der Waals surface area (Å²) in [6.45, 7) is 2.41. The third kappa shape index (κ3) is 5.11. The molecule has 0 spiro atoms. The maximum Gasteiger partial charge on any atom is 0.251 e. The zero-order chi connectivity index (χ0) is 19.1. The van der Waals surface area contributed by atoms with Gasteiger partial charge in [0, 0.05) is 16.1 Å². The first-order valence-corrected chi connectivity index (χ1v) is 9.37. The standard InChI is InChI=1S/C23H22ClNO2/c1-2-22(17-9-4-3-5-10-17)25-23(26)18-12-8-13-20(15-18)27-16-19-11-6-7-14-21(19)24/h3-15,22H,2,16H2,1H3,(H,25,26)/t22-/m1/s1. The number of hydrogen-bond donors (Lipinski definition) is 1. The van der Waals surface area contributed by atoms with Crippen molar-refractivity contribution in [3.05, 3.63) is 101 Å². The first-order valence-electron chi connectivity index (χ1n) is 8.99. The van der Waals surface area contributed by atoms with Crippen molar-refractivity contribution >= 4 is 17.5 Å². The molecule has 0 saturated carbocycles. The van der Waals surface area contributed by atoms with Crippen molar-refractivity contribution in [3.8, 4) is 5.75 Å². The smallest absolute Gasteiger partial charge is 0.251 e. The van der Waals surface area contributed by atoms with Crippen LogP contribution in [-0.4, -0.2) is 5.91 Å². The highest BCUT2D eigenvalue weighted by atomic mass is 35.5. The molecule has 3 aromatic rings.